The molecule has 1 saturated heterocycles. The van der Waals surface area contributed by atoms with Crippen LogP contribution in [0.2, 0.25) is 5.02 Å². The van der Waals surface area contributed by atoms with Gasteiger partial charge in [-0.15, -0.1) is 0 Å². The Morgan fingerprint density at radius 3 is 2.64 bits per heavy atom. The zero-order chi connectivity index (χ0) is 23.0. The molecule has 0 saturated carbocycles. The van der Waals surface area contributed by atoms with Gasteiger partial charge >= 0.3 is 0 Å². The first-order valence-electron chi connectivity index (χ1n) is 11.6. The molecule has 3 aliphatic heterocycles. The number of benzene rings is 2. The fraction of sp³-hybridized carbons (Fsp3) is 0.520. The highest BCUT2D eigenvalue weighted by molar-refractivity contribution is 9.10. The molecule has 0 amide bonds. The fourth-order valence-electron chi connectivity index (χ4n) is 4.77. The molecule has 0 N–H and O–H groups in total. The molecule has 8 heteroatoms. The summed E-state index contributed by atoms with van der Waals surface area (Å²) in [6.07, 6.45) is 1.86. The van der Waals surface area contributed by atoms with Crippen molar-refractivity contribution < 1.29 is 18.9 Å². The van der Waals surface area contributed by atoms with Gasteiger partial charge in [0.15, 0.2) is 23.0 Å². The molecule has 0 aliphatic carbocycles. The van der Waals surface area contributed by atoms with Crippen LogP contribution >= 0.6 is 27.5 Å². The van der Waals surface area contributed by atoms with Crippen molar-refractivity contribution >= 4 is 33.2 Å². The van der Waals surface area contributed by atoms with E-state index < -0.39 is 0 Å². The first-order valence-corrected chi connectivity index (χ1v) is 12.8. The number of rotatable bonds is 6. The van der Waals surface area contributed by atoms with Crippen molar-refractivity contribution in [2.24, 2.45) is 0 Å². The average Bonchev–Trinajstić information content (AvgIpc) is 3.10. The van der Waals surface area contributed by atoms with Crippen LogP contribution in [0, 0.1) is 0 Å². The van der Waals surface area contributed by atoms with Crippen LogP contribution in [0.5, 0.6) is 23.0 Å². The van der Waals surface area contributed by atoms with Gasteiger partial charge in [-0.05, 0) is 38.5 Å². The van der Waals surface area contributed by atoms with Crippen LogP contribution in [0.1, 0.15) is 25.8 Å². The monoisotopic (exact) mass is 536 g/mol. The summed E-state index contributed by atoms with van der Waals surface area (Å²) in [5.74, 6) is 3.30. The minimum atomic E-state index is -0.180. The maximum absolute atomic E-state index is 6.33. The number of hydrogen-bond donors (Lipinski definition) is 0. The normalized spacial score (nSPS) is 19.2. The number of nitrogens with zero attached hydrogens (tertiary/aromatic N) is 2. The van der Waals surface area contributed by atoms with Crippen molar-refractivity contribution in [1.82, 2.24) is 4.90 Å². The molecule has 2 aromatic carbocycles. The lowest BCUT2D eigenvalue weighted by atomic mass is 10.0. The summed E-state index contributed by atoms with van der Waals surface area (Å²) < 4.78 is 24.9. The van der Waals surface area contributed by atoms with Crippen LogP contribution in [0.4, 0.5) is 5.69 Å². The zero-order valence-corrected chi connectivity index (χ0v) is 21.5. The fourth-order valence-corrected chi connectivity index (χ4v) is 5.45. The van der Waals surface area contributed by atoms with Gasteiger partial charge in [0, 0.05) is 60.3 Å². The molecule has 0 unspecified atom stereocenters. The van der Waals surface area contributed by atoms with Gasteiger partial charge in [0.25, 0.3) is 0 Å². The Labute approximate surface area is 208 Å². The Morgan fingerprint density at radius 2 is 1.82 bits per heavy atom. The van der Waals surface area contributed by atoms with Crippen LogP contribution in [0.25, 0.3) is 0 Å². The molecule has 0 bridgehead atoms. The van der Waals surface area contributed by atoms with Crippen LogP contribution in [0.3, 0.4) is 0 Å². The molecule has 1 fully saturated rings. The van der Waals surface area contributed by atoms with Gasteiger partial charge in [-0.2, -0.15) is 0 Å². The van der Waals surface area contributed by atoms with Crippen LogP contribution in [0.15, 0.2) is 28.7 Å². The van der Waals surface area contributed by atoms with Crippen LogP contribution in [-0.4, -0.2) is 63.0 Å². The maximum atomic E-state index is 6.33. The number of ether oxygens (including phenoxy) is 4. The Bertz CT molecular complexity index is 1020. The molecule has 0 atom stereocenters. The molecule has 6 nitrogen and oxygen atoms in total. The number of anilines is 1. The molecule has 3 aliphatic rings. The molecule has 33 heavy (non-hydrogen) atoms. The first kappa shape index (κ1) is 22.9. The van der Waals surface area contributed by atoms with E-state index in [2.05, 4.69) is 45.6 Å². The van der Waals surface area contributed by atoms with Gasteiger partial charge in [-0.25, -0.2) is 0 Å². The molecule has 2 aromatic rings. The summed E-state index contributed by atoms with van der Waals surface area (Å²) >= 11 is 9.93. The third-order valence-electron chi connectivity index (χ3n) is 6.27. The first-order chi connectivity index (χ1) is 15.9. The summed E-state index contributed by atoms with van der Waals surface area (Å²) in [5, 5.41) is 0.681. The zero-order valence-electron chi connectivity index (χ0n) is 19.2. The lowest BCUT2D eigenvalue weighted by Gasteiger charge is -2.37. The number of fused-ring (bicyclic) bond motifs is 2. The van der Waals surface area contributed by atoms with E-state index >= 15 is 0 Å². The Hall–Kier alpha value is -1.83. The van der Waals surface area contributed by atoms with Gasteiger partial charge < -0.3 is 23.8 Å². The Balaban J connectivity index is 1.12. The molecule has 0 aromatic heterocycles. The average molecular weight is 538 g/mol. The predicted molar refractivity (Wildman–Crippen MR) is 134 cm³/mol. The van der Waals surface area contributed by atoms with Crippen molar-refractivity contribution in [2.45, 2.75) is 32.3 Å². The summed E-state index contributed by atoms with van der Waals surface area (Å²) in [7, 11) is 0. The summed E-state index contributed by atoms with van der Waals surface area (Å²) in [6.45, 7) is 10.9. The smallest absolute Gasteiger partial charge is 0.184 e. The third-order valence-corrected chi connectivity index (χ3v) is 6.94. The SMILES string of the molecule is CC1(C)Cc2cc(Br)cc(OCCCN3CCN(c4cc(Cl)cc5c4OCCO5)CC3)c2O1. The second kappa shape index (κ2) is 9.43. The van der Waals surface area contributed by atoms with E-state index in [0.717, 1.165) is 78.7 Å². The van der Waals surface area contributed by atoms with Crippen molar-refractivity contribution in [2.75, 3.05) is 57.4 Å². The number of halogens is 2. The second-order valence-electron chi connectivity index (χ2n) is 9.41. The standard InChI is InChI=1S/C25H30BrClN2O4/c1-25(2)16-17-12-18(26)13-21(23(17)33-25)30-9-3-4-28-5-7-29(8-6-28)20-14-19(27)15-22-24(20)32-11-10-31-22/h12-15H,3-11,16H2,1-2H3. The predicted octanol–water partition coefficient (Wildman–Crippen LogP) is 5.18. The third kappa shape index (κ3) is 5.15. The van der Waals surface area contributed by atoms with E-state index in [1.807, 2.05) is 18.2 Å². The van der Waals surface area contributed by atoms with Gasteiger partial charge in [0.05, 0.1) is 12.3 Å². The van der Waals surface area contributed by atoms with Gasteiger partial charge in [0.1, 0.15) is 18.8 Å². The number of piperazine rings is 1. The van der Waals surface area contributed by atoms with Crippen LogP contribution < -0.4 is 23.8 Å². The van der Waals surface area contributed by atoms with E-state index in [4.69, 9.17) is 30.5 Å². The van der Waals surface area contributed by atoms with E-state index in [1.165, 1.54) is 5.56 Å². The Morgan fingerprint density at radius 1 is 1.03 bits per heavy atom. The highest BCUT2D eigenvalue weighted by Crippen LogP contribution is 2.44. The van der Waals surface area contributed by atoms with Gasteiger partial charge in [0.2, 0.25) is 0 Å². The molecule has 3 heterocycles. The summed E-state index contributed by atoms with van der Waals surface area (Å²) in [6, 6.07) is 7.96. The highest BCUT2D eigenvalue weighted by atomic mass is 79.9. The van der Waals surface area contributed by atoms with Gasteiger partial charge in [-0.1, -0.05) is 27.5 Å². The minimum absolute atomic E-state index is 0.180. The number of hydrogen-bond acceptors (Lipinski definition) is 6. The second-order valence-corrected chi connectivity index (χ2v) is 10.8. The lowest BCUT2D eigenvalue weighted by molar-refractivity contribution is 0.131. The van der Waals surface area contributed by atoms with E-state index in [-0.39, 0.29) is 5.60 Å². The molecular weight excluding hydrogens is 508 g/mol. The largest absolute Gasteiger partial charge is 0.490 e. The topological polar surface area (TPSA) is 43.4 Å². The quantitative estimate of drug-likeness (QED) is 0.473. The van der Waals surface area contributed by atoms with Gasteiger partial charge in [-0.3, -0.25) is 4.90 Å². The van der Waals surface area contributed by atoms with Crippen molar-refractivity contribution in [3.8, 4) is 23.0 Å². The van der Waals surface area contributed by atoms with Crippen molar-refractivity contribution in [3.05, 3.63) is 39.3 Å². The Kier molecular flexibility index (Phi) is 6.56. The molecule has 0 radical (unpaired) electrons. The molecule has 5 rings (SSSR count). The minimum Gasteiger partial charge on any atom is -0.490 e. The molecule has 0 spiro atoms. The van der Waals surface area contributed by atoms with Crippen molar-refractivity contribution in [1.29, 1.82) is 0 Å². The summed E-state index contributed by atoms with van der Waals surface area (Å²) in [4.78, 5) is 4.83. The van der Waals surface area contributed by atoms with Crippen LogP contribution in [-0.2, 0) is 6.42 Å². The molecule has 178 valence electrons. The van der Waals surface area contributed by atoms with E-state index in [1.54, 1.807) is 0 Å². The molecular formula is C25H30BrClN2O4. The summed E-state index contributed by atoms with van der Waals surface area (Å²) in [5.41, 5.74) is 2.06. The van der Waals surface area contributed by atoms with E-state index in [9.17, 15) is 0 Å². The lowest BCUT2D eigenvalue weighted by Crippen LogP contribution is -2.47. The van der Waals surface area contributed by atoms with Crippen molar-refractivity contribution in [3.63, 3.8) is 0 Å². The maximum Gasteiger partial charge on any atom is 0.184 e. The highest BCUT2D eigenvalue weighted by Gasteiger charge is 2.33. The van der Waals surface area contributed by atoms with E-state index in [0.29, 0.717) is 24.8 Å².